The monoisotopic (exact) mass is 397 g/mol. The number of ether oxygens (including phenoxy) is 1. The van der Waals surface area contributed by atoms with Crippen molar-refractivity contribution in [3.8, 4) is 34.5 Å². The van der Waals surface area contributed by atoms with Crippen molar-refractivity contribution in [1.29, 1.82) is 5.26 Å². The predicted octanol–water partition coefficient (Wildman–Crippen LogP) is 3.41. The molecule has 7 nitrogen and oxygen atoms in total. The molecule has 0 amide bonds. The van der Waals surface area contributed by atoms with Crippen LogP contribution in [0.25, 0.3) is 22.5 Å². The van der Waals surface area contributed by atoms with Crippen molar-refractivity contribution in [3.05, 3.63) is 81.4 Å². The van der Waals surface area contributed by atoms with E-state index in [1.807, 2.05) is 56.3 Å². The Morgan fingerprint density at radius 2 is 1.90 bits per heavy atom. The molecule has 0 atom stereocenters. The summed E-state index contributed by atoms with van der Waals surface area (Å²) in [6.07, 6.45) is 1.76. The van der Waals surface area contributed by atoms with E-state index in [1.54, 1.807) is 22.7 Å². The van der Waals surface area contributed by atoms with Gasteiger partial charge in [0.25, 0.3) is 0 Å². The Kier molecular flexibility index (Phi) is 3.90. The van der Waals surface area contributed by atoms with Crippen LogP contribution in [0.3, 0.4) is 0 Å². The van der Waals surface area contributed by atoms with Crippen molar-refractivity contribution in [1.82, 2.24) is 19.1 Å². The summed E-state index contributed by atoms with van der Waals surface area (Å²) in [5, 5.41) is 9.84. The minimum atomic E-state index is -0.181. The van der Waals surface area contributed by atoms with E-state index in [4.69, 9.17) is 4.74 Å². The summed E-state index contributed by atoms with van der Waals surface area (Å²) < 4.78 is 9.12. The summed E-state index contributed by atoms with van der Waals surface area (Å²) in [6, 6.07) is 15.7. The summed E-state index contributed by atoms with van der Waals surface area (Å²) in [6.45, 7) is 4.22. The van der Waals surface area contributed by atoms with E-state index in [2.05, 4.69) is 11.1 Å². The Bertz CT molecular complexity index is 1410. The number of hydrogen-bond acceptors (Lipinski definition) is 4. The molecule has 0 saturated carbocycles. The average molecular weight is 397 g/mol. The number of pyridine rings is 1. The van der Waals surface area contributed by atoms with Crippen LogP contribution in [0, 0.1) is 25.2 Å². The van der Waals surface area contributed by atoms with Crippen LogP contribution in [-0.4, -0.2) is 19.1 Å². The van der Waals surface area contributed by atoms with Gasteiger partial charge in [0.15, 0.2) is 0 Å². The number of nitriles is 1. The number of nitrogens with zero attached hydrogens (tertiary/aromatic N) is 5. The molecule has 0 fully saturated rings. The maximum Gasteiger partial charge on any atom is 0.365 e. The normalized spacial score (nSPS) is 12.1. The van der Waals surface area contributed by atoms with Crippen molar-refractivity contribution in [2.24, 2.45) is 7.05 Å². The van der Waals surface area contributed by atoms with Crippen molar-refractivity contribution in [2.75, 3.05) is 0 Å². The molecule has 8 rings (SSSR count). The van der Waals surface area contributed by atoms with Gasteiger partial charge in [0.05, 0.1) is 11.3 Å². The molecule has 0 N–H and O–H groups in total. The Hall–Kier alpha value is -4.05. The van der Waals surface area contributed by atoms with Crippen LogP contribution in [-0.2, 0) is 13.7 Å². The smallest absolute Gasteiger partial charge is 0.365 e. The second kappa shape index (κ2) is 6.49. The van der Waals surface area contributed by atoms with E-state index < -0.39 is 0 Å². The molecular formula is C23H19N5O2. The van der Waals surface area contributed by atoms with E-state index in [9.17, 15) is 10.1 Å². The first-order valence-corrected chi connectivity index (χ1v) is 9.60. The number of benzene rings is 2. The maximum atomic E-state index is 12.8. The van der Waals surface area contributed by atoms with Crippen LogP contribution < -0.4 is 10.4 Å². The molecule has 4 aliphatic rings. The summed E-state index contributed by atoms with van der Waals surface area (Å²) in [7, 11) is 1.69. The predicted molar refractivity (Wildman–Crippen MR) is 112 cm³/mol. The van der Waals surface area contributed by atoms with E-state index in [0.717, 1.165) is 33.5 Å². The number of hydrogen-bond donors (Lipinski definition) is 0. The van der Waals surface area contributed by atoms with Gasteiger partial charge in [-0.2, -0.15) is 14.7 Å². The quantitative estimate of drug-likeness (QED) is 0.456. The average Bonchev–Trinajstić information content (AvgIpc) is 2.76. The largest absolute Gasteiger partial charge is 0.473 e. The van der Waals surface area contributed by atoms with Gasteiger partial charge in [0, 0.05) is 29.9 Å². The van der Waals surface area contributed by atoms with E-state index in [1.165, 1.54) is 4.68 Å². The lowest BCUT2D eigenvalue weighted by Crippen LogP contribution is -2.48. The number of aryl methyl sites for hydroxylation is 2. The lowest BCUT2D eigenvalue weighted by Gasteiger charge is -2.27. The Morgan fingerprint density at radius 3 is 2.67 bits per heavy atom. The molecule has 4 bridgehead atoms. The van der Waals surface area contributed by atoms with Crippen LogP contribution >= 0.6 is 0 Å². The van der Waals surface area contributed by atoms with Gasteiger partial charge < -0.3 is 4.74 Å². The third kappa shape index (κ3) is 2.51. The van der Waals surface area contributed by atoms with E-state index >= 15 is 0 Å². The Labute approximate surface area is 173 Å². The molecule has 0 aliphatic carbocycles. The molecule has 0 saturated heterocycles. The van der Waals surface area contributed by atoms with Gasteiger partial charge in [-0.3, -0.25) is 0 Å². The third-order valence-electron chi connectivity index (χ3n) is 5.59. The maximum absolute atomic E-state index is 12.8. The first-order valence-electron chi connectivity index (χ1n) is 9.60. The fraction of sp³-hybridized carbons (Fsp3) is 0.174. The first-order chi connectivity index (χ1) is 14.5. The van der Waals surface area contributed by atoms with E-state index in [0.29, 0.717) is 17.1 Å². The highest BCUT2D eigenvalue weighted by atomic mass is 16.5. The molecule has 4 aliphatic heterocycles. The molecular weight excluding hydrogens is 378 g/mol. The van der Waals surface area contributed by atoms with Crippen molar-refractivity contribution < 1.29 is 4.74 Å². The zero-order chi connectivity index (χ0) is 21.0. The van der Waals surface area contributed by atoms with Gasteiger partial charge in [0.2, 0.25) is 5.88 Å². The first kappa shape index (κ1) is 18.0. The minimum Gasteiger partial charge on any atom is -0.473 e. The van der Waals surface area contributed by atoms with Crippen LogP contribution in [0.4, 0.5) is 0 Å². The van der Waals surface area contributed by atoms with Crippen molar-refractivity contribution >= 4 is 0 Å². The van der Waals surface area contributed by atoms with Gasteiger partial charge in [-0.05, 0) is 49.2 Å². The summed E-state index contributed by atoms with van der Waals surface area (Å²) in [5.74, 6) is 0.547. The lowest BCUT2D eigenvalue weighted by molar-refractivity contribution is 0.287. The second-order valence-corrected chi connectivity index (χ2v) is 7.46. The molecule has 4 aromatic rings. The van der Waals surface area contributed by atoms with Gasteiger partial charge in [-0.25, -0.2) is 14.5 Å². The topological polar surface area (TPSA) is 77.8 Å². The molecule has 148 valence electrons. The SMILES string of the molecule is Cc1cc2cnc1OCc1c(C)cccc1-n1c(=O)n(C)n1-c1ccc-2cc1C#N. The highest BCUT2D eigenvalue weighted by molar-refractivity contribution is 5.69. The number of rotatable bonds is 0. The van der Waals surface area contributed by atoms with Gasteiger partial charge in [-0.1, -0.05) is 18.2 Å². The fourth-order valence-corrected chi connectivity index (χ4v) is 3.93. The summed E-state index contributed by atoms with van der Waals surface area (Å²) in [4.78, 5) is 19.1. The van der Waals surface area contributed by atoms with Gasteiger partial charge in [-0.15, -0.1) is 0 Å². The van der Waals surface area contributed by atoms with Crippen molar-refractivity contribution in [2.45, 2.75) is 20.5 Å². The molecule has 0 radical (unpaired) electrons. The third-order valence-corrected chi connectivity index (χ3v) is 5.59. The van der Waals surface area contributed by atoms with Crippen LogP contribution in [0.15, 0.2) is 53.5 Å². The van der Waals surface area contributed by atoms with Crippen LogP contribution in [0.1, 0.15) is 22.3 Å². The highest BCUT2D eigenvalue weighted by Crippen LogP contribution is 2.29. The van der Waals surface area contributed by atoms with Gasteiger partial charge >= 0.3 is 5.69 Å². The molecule has 7 heteroatoms. The Balaban J connectivity index is 1.88. The molecule has 6 heterocycles. The zero-order valence-electron chi connectivity index (χ0n) is 16.9. The zero-order valence-corrected chi connectivity index (χ0v) is 16.9. The summed E-state index contributed by atoms with van der Waals surface area (Å²) in [5.41, 5.74) is 6.23. The molecule has 0 unspecified atom stereocenters. The second-order valence-electron chi connectivity index (χ2n) is 7.46. The molecule has 0 spiro atoms. The number of aromatic nitrogens is 4. The lowest BCUT2D eigenvalue weighted by atomic mass is 10.0. The molecule has 2 aromatic carbocycles. The standard InChI is InChI=1S/C23H19N5O2/c1-14-5-4-6-21-19(14)13-30-22-15(2)9-18(12-25-22)16-7-8-20(17(10-16)11-24)28-26(3)23(29)27(21)28/h4-10,12H,13H2,1-3H3. The minimum absolute atomic E-state index is 0.181. The van der Waals surface area contributed by atoms with Crippen molar-refractivity contribution in [3.63, 3.8) is 0 Å². The van der Waals surface area contributed by atoms with E-state index in [-0.39, 0.29) is 12.3 Å². The van der Waals surface area contributed by atoms with Crippen LogP contribution in [0.5, 0.6) is 5.88 Å². The summed E-state index contributed by atoms with van der Waals surface area (Å²) >= 11 is 0. The molecule has 2 aromatic heterocycles. The van der Waals surface area contributed by atoms with Crippen LogP contribution in [0.2, 0.25) is 0 Å². The fourth-order valence-electron chi connectivity index (χ4n) is 3.93. The Morgan fingerprint density at radius 1 is 1.07 bits per heavy atom. The highest BCUT2D eigenvalue weighted by Gasteiger charge is 2.23. The van der Waals surface area contributed by atoms with Gasteiger partial charge in [0.1, 0.15) is 18.4 Å². The molecule has 30 heavy (non-hydrogen) atoms.